The van der Waals surface area contributed by atoms with Crippen LogP contribution in [0.15, 0.2) is 21.2 Å². The topological polar surface area (TPSA) is 102 Å². The first-order valence-electron chi connectivity index (χ1n) is 13.3. The molecule has 0 fully saturated rings. The van der Waals surface area contributed by atoms with E-state index in [0.29, 0.717) is 34.6 Å². The van der Waals surface area contributed by atoms with Crippen LogP contribution in [0.4, 0.5) is 4.79 Å². The number of rotatable bonds is 9. The Kier molecular flexibility index (Phi) is 8.38. The van der Waals surface area contributed by atoms with Crippen molar-refractivity contribution in [2.75, 3.05) is 12.4 Å². The van der Waals surface area contributed by atoms with Crippen molar-refractivity contribution in [1.82, 2.24) is 20.2 Å². The van der Waals surface area contributed by atoms with Crippen molar-refractivity contribution in [1.29, 1.82) is 0 Å². The van der Waals surface area contributed by atoms with Crippen LogP contribution in [0.2, 0.25) is 0 Å². The van der Waals surface area contributed by atoms with Gasteiger partial charge in [0.25, 0.3) is 5.56 Å². The van der Waals surface area contributed by atoms with Gasteiger partial charge < -0.3 is 15.4 Å². The second-order valence-corrected chi connectivity index (χ2v) is 12.6. The minimum absolute atomic E-state index is 0.0161. The summed E-state index contributed by atoms with van der Waals surface area (Å²) in [5, 5.41) is 6.88. The molecular formula is C27H38N4O4S2. The standard InChI is InChI=1S/C27H38N4O4S2/c1-7-12-31-23(32)21-17-11-10-16(27(5,6)8-2)13-19(17)37-22(21)30-26(31)36-14-18-20(24(33)35-9-3)15(4)28-25(34)29-18/h15-16H,7-14H2,1-6H3,(H2,28,29,34)/t15-,16+/m1/s1. The van der Waals surface area contributed by atoms with Crippen LogP contribution in [0.3, 0.4) is 0 Å². The summed E-state index contributed by atoms with van der Waals surface area (Å²) in [4.78, 5) is 45.6. The molecule has 8 nitrogen and oxygen atoms in total. The van der Waals surface area contributed by atoms with E-state index in [1.807, 2.05) is 6.92 Å². The molecule has 0 saturated heterocycles. The first-order valence-corrected chi connectivity index (χ1v) is 15.1. The Balaban J connectivity index is 1.71. The Bertz CT molecular complexity index is 1290. The quantitative estimate of drug-likeness (QED) is 0.260. The summed E-state index contributed by atoms with van der Waals surface area (Å²) in [7, 11) is 0. The molecule has 2 atom stereocenters. The third kappa shape index (κ3) is 5.46. The number of nitrogens with one attached hydrogen (secondary N) is 2. The molecule has 2 aliphatic rings. The summed E-state index contributed by atoms with van der Waals surface area (Å²) in [5.41, 5.74) is 2.37. The third-order valence-corrected chi connectivity index (χ3v) is 9.96. The Morgan fingerprint density at radius 1 is 1.27 bits per heavy atom. The van der Waals surface area contributed by atoms with E-state index in [9.17, 15) is 14.4 Å². The molecule has 202 valence electrons. The van der Waals surface area contributed by atoms with Gasteiger partial charge in [-0.1, -0.05) is 45.9 Å². The molecule has 2 amide bonds. The summed E-state index contributed by atoms with van der Waals surface area (Å²) < 4.78 is 6.99. The number of thioether (sulfide) groups is 1. The molecule has 0 aromatic carbocycles. The highest BCUT2D eigenvalue weighted by Crippen LogP contribution is 2.44. The number of aryl methyl sites for hydroxylation is 1. The van der Waals surface area contributed by atoms with Crippen molar-refractivity contribution in [3.8, 4) is 0 Å². The van der Waals surface area contributed by atoms with Crippen LogP contribution in [-0.2, 0) is 28.9 Å². The number of aromatic nitrogens is 2. The van der Waals surface area contributed by atoms with E-state index in [0.717, 1.165) is 42.3 Å². The molecular weight excluding hydrogens is 508 g/mol. The monoisotopic (exact) mass is 546 g/mol. The van der Waals surface area contributed by atoms with Gasteiger partial charge in [-0.15, -0.1) is 11.3 Å². The van der Waals surface area contributed by atoms with Crippen LogP contribution in [0, 0.1) is 11.3 Å². The lowest BCUT2D eigenvalue weighted by atomic mass is 9.70. The molecule has 4 rings (SSSR count). The summed E-state index contributed by atoms with van der Waals surface area (Å²) in [5.74, 6) is 0.442. The SMILES string of the molecule is CCCn1c(SCC2=C(C(=O)OCC)[C@@H](C)NC(=O)N2)nc2sc3c(c2c1=O)CC[C@H](C(C)(C)CC)C3. The second kappa shape index (κ2) is 11.2. The highest BCUT2D eigenvalue weighted by atomic mass is 32.2. The van der Waals surface area contributed by atoms with Gasteiger partial charge in [-0.3, -0.25) is 9.36 Å². The van der Waals surface area contributed by atoms with Crippen molar-refractivity contribution in [2.24, 2.45) is 11.3 Å². The molecule has 2 N–H and O–H groups in total. The number of ether oxygens (including phenoxy) is 1. The number of nitrogens with zero attached hydrogens (tertiary/aromatic N) is 2. The molecule has 0 radical (unpaired) electrons. The number of hydrogen-bond donors (Lipinski definition) is 2. The van der Waals surface area contributed by atoms with E-state index in [1.165, 1.54) is 22.2 Å². The maximum atomic E-state index is 13.8. The lowest BCUT2D eigenvalue weighted by Gasteiger charge is -2.36. The molecule has 2 aromatic rings. The molecule has 0 unspecified atom stereocenters. The summed E-state index contributed by atoms with van der Waals surface area (Å²) in [6.45, 7) is 13.3. The number of fused-ring (bicyclic) bond motifs is 3. The van der Waals surface area contributed by atoms with Gasteiger partial charge in [0.2, 0.25) is 0 Å². The maximum Gasteiger partial charge on any atom is 0.337 e. The van der Waals surface area contributed by atoms with Crippen molar-refractivity contribution in [2.45, 2.75) is 91.4 Å². The average Bonchev–Trinajstić information content (AvgIpc) is 3.22. The Hall–Kier alpha value is -2.33. The molecule has 1 aliphatic carbocycles. The molecule has 0 saturated carbocycles. The Morgan fingerprint density at radius 3 is 2.70 bits per heavy atom. The van der Waals surface area contributed by atoms with Crippen molar-refractivity contribution in [3.05, 3.63) is 32.1 Å². The predicted molar refractivity (Wildman–Crippen MR) is 149 cm³/mol. The maximum absolute atomic E-state index is 13.8. The molecule has 10 heteroatoms. The highest BCUT2D eigenvalue weighted by Gasteiger charge is 2.34. The van der Waals surface area contributed by atoms with Gasteiger partial charge in [0, 0.05) is 22.9 Å². The summed E-state index contributed by atoms with van der Waals surface area (Å²) in [6, 6.07) is -0.831. The summed E-state index contributed by atoms with van der Waals surface area (Å²) in [6.07, 6.45) is 4.95. The lowest BCUT2D eigenvalue weighted by molar-refractivity contribution is -0.138. The lowest BCUT2D eigenvalue weighted by Crippen LogP contribution is -2.49. The van der Waals surface area contributed by atoms with Gasteiger partial charge in [0.15, 0.2) is 5.16 Å². The fraction of sp³-hybridized carbons (Fsp3) is 0.630. The van der Waals surface area contributed by atoms with Gasteiger partial charge in [0.1, 0.15) is 4.83 Å². The molecule has 0 spiro atoms. The van der Waals surface area contributed by atoms with Crippen LogP contribution in [0.5, 0.6) is 0 Å². The number of carbonyl (C=O) groups excluding carboxylic acids is 2. The fourth-order valence-electron chi connectivity index (χ4n) is 5.26. The molecule has 0 bridgehead atoms. The Labute approximate surface area is 226 Å². The van der Waals surface area contributed by atoms with Crippen LogP contribution in [0.1, 0.15) is 71.2 Å². The zero-order valence-corrected chi connectivity index (χ0v) is 24.3. The van der Waals surface area contributed by atoms with Gasteiger partial charge in [0.05, 0.1) is 23.6 Å². The third-order valence-electron chi connectivity index (χ3n) is 7.81. The van der Waals surface area contributed by atoms with E-state index in [1.54, 1.807) is 29.8 Å². The molecule has 3 heterocycles. The molecule has 1 aliphatic heterocycles. The predicted octanol–water partition coefficient (Wildman–Crippen LogP) is 5.02. The minimum Gasteiger partial charge on any atom is -0.463 e. The number of urea groups is 1. The number of hydrogen-bond acceptors (Lipinski definition) is 7. The zero-order valence-electron chi connectivity index (χ0n) is 22.7. The first-order chi connectivity index (χ1) is 17.6. The molecule has 2 aromatic heterocycles. The minimum atomic E-state index is -0.471. The van der Waals surface area contributed by atoms with Gasteiger partial charge in [-0.05, 0) is 56.4 Å². The van der Waals surface area contributed by atoms with E-state index in [2.05, 4.69) is 31.4 Å². The Morgan fingerprint density at radius 2 is 2.03 bits per heavy atom. The number of thiophene rings is 1. The first kappa shape index (κ1) is 27.7. The number of amides is 2. The summed E-state index contributed by atoms with van der Waals surface area (Å²) >= 11 is 3.03. The number of esters is 1. The van der Waals surface area contributed by atoms with E-state index in [4.69, 9.17) is 9.72 Å². The van der Waals surface area contributed by atoms with Crippen LogP contribution in [-0.4, -0.2) is 40.0 Å². The van der Waals surface area contributed by atoms with Gasteiger partial charge >= 0.3 is 12.0 Å². The van der Waals surface area contributed by atoms with Crippen LogP contribution >= 0.6 is 23.1 Å². The second-order valence-electron chi connectivity index (χ2n) is 10.5. The van der Waals surface area contributed by atoms with Crippen LogP contribution in [0.25, 0.3) is 10.2 Å². The highest BCUT2D eigenvalue weighted by molar-refractivity contribution is 7.99. The van der Waals surface area contributed by atoms with E-state index < -0.39 is 12.0 Å². The smallest absolute Gasteiger partial charge is 0.337 e. The van der Waals surface area contributed by atoms with Gasteiger partial charge in [-0.2, -0.15) is 0 Å². The zero-order chi connectivity index (χ0) is 26.9. The number of carbonyl (C=O) groups is 2. The average molecular weight is 547 g/mol. The normalized spacial score (nSPS) is 20.0. The van der Waals surface area contributed by atoms with Crippen molar-refractivity contribution in [3.63, 3.8) is 0 Å². The van der Waals surface area contributed by atoms with Gasteiger partial charge in [-0.25, -0.2) is 14.6 Å². The molecule has 37 heavy (non-hydrogen) atoms. The van der Waals surface area contributed by atoms with Crippen molar-refractivity contribution < 1.29 is 14.3 Å². The van der Waals surface area contributed by atoms with E-state index in [-0.39, 0.29) is 23.6 Å². The van der Waals surface area contributed by atoms with Crippen molar-refractivity contribution >= 4 is 45.3 Å². The largest absolute Gasteiger partial charge is 0.463 e. The van der Waals surface area contributed by atoms with E-state index >= 15 is 0 Å². The fourth-order valence-corrected chi connectivity index (χ4v) is 7.59. The van der Waals surface area contributed by atoms with Crippen LogP contribution < -0.4 is 16.2 Å².